The number of alkyl halides is 3. The Morgan fingerprint density at radius 3 is 2.31 bits per heavy atom. The van der Waals surface area contributed by atoms with E-state index in [1.54, 1.807) is 11.8 Å². The minimum absolute atomic E-state index is 0.654. The van der Waals surface area contributed by atoms with E-state index in [1.807, 2.05) is 30.5 Å². The average molecular weight is 317 g/mol. The van der Waals surface area contributed by atoms with Crippen molar-refractivity contribution >= 4 is 64.4 Å². The van der Waals surface area contributed by atoms with Crippen LogP contribution in [-0.4, -0.2) is 16.0 Å². The fraction of sp³-hybridized carbons (Fsp3) is 0.222. The highest BCUT2D eigenvalue weighted by Gasteiger charge is 2.30. The van der Waals surface area contributed by atoms with Gasteiger partial charge in [-0.15, -0.1) is 11.8 Å². The number of amides is 1. The van der Waals surface area contributed by atoms with Crippen molar-refractivity contribution in [1.29, 1.82) is 0 Å². The van der Waals surface area contributed by atoms with E-state index in [2.05, 4.69) is 4.72 Å². The lowest BCUT2D eigenvalue weighted by molar-refractivity contribution is -0.118. The van der Waals surface area contributed by atoms with Crippen molar-refractivity contribution < 1.29 is 4.79 Å². The Hall–Kier alpha value is 0.260. The highest BCUT2D eigenvalue weighted by Crippen LogP contribution is 2.30. The van der Waals surface area contributed by atoms with Gasteiger partial charge in [-0.25, -0.2) is 0 Å². The largest absolute Gasteiger partial charge is 0.292 e. The molecule has 2 nitrogen and oxygen atoms in total. The van der Waals surface area contributed by atoms with Crippen LogP contribution in [0.25, 0.3) is 0 Å². The topological polar surface area (TPSA) is 29.1 Å². The first-order valence-corrected chi connectivity index (χ1v) is 7.29. The number of carbonyl (C=O) groups excluding carboxylic acids is 1. The van der Waals surface area contributed by atoms with Crippen LogP contribution >= 0.6 is 58.5 Å². The Bertz CT molecular complexity index is 381. The summed E-state index contributed by atoms with van der Waals surface area (Å²) in [6.45, 7) is 0. The highest BCUT2D eigenvalue weighted by atomic mass is 35.6. The highest BCUT2D eigenvalue weighted by molar-refractivity contribution is 8.01. The third kappa shape index (κ3) is 4.26. The van der Waals surface area contributed by atoms with E-state index < -0.39 is 9.70 Å². The molecule has 0 fully saturated rings. The van der Waals surface area contributed by atoms with E-state index in [0.29, 0.717) is 0 Å². The normalized spacial score (nSPS) is 11.2. The van der Waals surface area contributed by atoms with E-state index in [4.69, 9.17) is 34.8 Å². The molecule has 0 aromatic heterocycles. The van der Waals surface area contributed by atoms with E-state index in [-0.39, 0.29) is 0 Å². The molecule has 16 heavy (non-hydrogen) atoms. The molecule has 0 saturated carbocycles. The van der Waals surface area contributed by atoms with Gasteiger partial charge in [-0.1, -0.05) is 46.9 Å². The van der Waals surface area contributed by atoms with Crippen LogP contribution in [0.3, 0.4) is 0 Å². The van der Waals surface area contributed by atoms with E-state index in [9.17, 15) is 4.79 Å². The van der Waals surface area contributed by atoms with Crippen LogP contribution in [0.2, 0.25) is 0 Å². The van der Waals surface area contributed by atoms with Gasteiger partial charge in [0.25, 0.3) is 9.70 Å². The molecule has 7 heteroatoms. The van der Waals surface area contributed by atoms with Crippen molar-refractivity contribution in [3.63, 3.8) is 0 Å². The first-order chi connectivity index (χ1) is 7.45. The molecular weight excluding hydrogens is 309 g/mol. The second kappa shape index (κ2) is 6.26. The van der Waals surface area contributed by atoms with Gasteiger partial charge in [0.05, 0.1) is 0 Å². The summed E-state index contributed by atoms with van der Waals surface area (Å²) in [7, 11) is 0. The molecule has 0 spiro atoms. The standard InChI is InChI=1S/C9H8Cl3NOS2/c1-15-6-4-2-3-5-7(6)16-13-8(14)9(10,11)12/h2-5H,1H3,(H,13,14). The van der Waals surface area contributed by atoms with E-state index in [0.717, 1.165) is 21.7 Å². The fourth-order valence-corrected chi connectivity index (χ4v) is 2.70. The summed E-state index contributed by atoms with van der Waals surface area (Å²) in [5.41, 5.74) is 0. The SMILES string of the molecule is CSc1ccccc1SNC(=O)C(Cl)(Cl)Cl. The molecule has 1 N–H and O–H groups in total. The molecule has 0 unspecified atom stereocenters. The summed E-state index contributed by atoms with van der Waals surface area (Å²) >= 11 is 19.0. The van der Waals surface area contributed by atoms with Gasteiger partial charge in [-0.3, -0.25) is 9.52 Å². The van der Waals surface area contributed by atoms with Gasteiger partial charge in [0.15, 0.2) is 0 Å². The Morgan fingerprint density at radius 2 is 1.81 bits per heavy atom. The second-order valence-electron chi connectivity index (χ2n) is 2.68. The minimum Gasteiger partial charge on any atom is -0.292 e. The van der Waals surface area contributed by atoms with Crippen LogP contribution in [0.4, 0.5) is 0 Å². The molecule has 0 atom stereocenters. The molecule has 1 rings (SSSR count). The molecule has 0 aliphatic rings. The first kappa shape index (κ1) is 14.3. The van der Waals surface area contributed by atoms with Crippen molar-refractivity contribution in [3.05, 3.63) is 24.3 Å². The Labute approximate surface area is 118 Å². The summed E-state index contributed by atoms with van der Waals surface area (Å²) in [4.78, 5) is 13.3. The molecule has 1 aromatic carbocycles. The maximum Gasteiger partial charge on any atom is 0.282 e. The van der Waals surface area contributed by atoms with Gasteiger partial charge in [0.1, 0.15) is 0 Å². The summed E-state index contributed by atoms with van der Waals surface area (Å²) in [5, 5.41) is 0. The van der Waals surface area contributed by atoms with Crippen molar-refractivity contribution in [3.8, 4) is 0 Å². The van der Waals surface area contributed by atoms with Gasteiger partial charge < -0.3 is 0 Å². The molecular formula is C9H8Cl3NOS2. The predicted molar refractivity (Wildman–Crippen MR) is 72.5 cm³/mol. The molecule has 0 heterocycles. The number of halogens is 3. The molecule has 0 aliphatic carbocycles. The number of hydrogen-bond donors (Lipinski definition) is 1. The summed E-state index contributed by atoms with van der Waals surface area (Å²) in [5.74, 6) is -0.654. The Balaban J connectivity index is 2.65. The van der Waals surface area contributed by atoms with Crippen LogP contribution in [-0.2, 0) is 4.79 Å². The number of nitrogens with one attached hydrogen (secondary N) is 1. The van der Waals surface area contributed by atoms with Gasteiger partial charge >= 0.3 is 0 Å². The molecule has 0 aliphatic heterocycles. The maximum absolute atomic E-state index is 11.3. The van der Waals surface area contributed by atoms with Crippen molar-refractivity contribution in [2.24, 2.45) is 0 Å². The summed E-state index contributed by atoms with van der Waals surface area (Å²) in [6.07, 6.45) is 1.95. The van der Waals surface area contributed by atoms with Gasteiger partial charge in [-0.2, -0.15) is 0 Å². The van der Waals surface area contributed by atoms with Crippen molar-refractivity contribution in [2.45, 2.75) is 13.6 Å². The molecule has 1 aromatic rings. The summed E-state index contributed by atoms with van der Waals surface area (Å²) in [6, 6.07) is 7.64. The average Bonchev–Trinajstić information content (AvgIpc) is 2.24. The number of rotatable bonds is 3. The zero-order valence-electron chi connectivity index (χ0n) is 8.17. The fourth-order valence-electron chi connectivity index (χ4n) is 0.862. The number of thioether (sulfide) groups is 1. The quantitative estimate of drug-likeness (QED) is 0.521. The number of carbonyl (C=O) groups is 1. The zero-order chi connectivity index (χ0) is 12.2. The Kier molecular flexibility index (Phi) is 5.61. The van der Waals surface area contributed by atoms with Gasteiger partial charge in [0, 0.05) is 9.79 Å². The van der Waals surface area contributed by atoms with Gasteiger partial charge in [0.2, 0.25) is 0 Å². The third-order valence-electron chi connectivity index (χ3n) is 1.58. The van der Waals surface area contributed by atoms with Crippen LogP contribution in [0.1, 0.15) is 0 Å². The van der Waals surface area contributed by atoms with Crippen LogP contribution < -0.4 is 4.72 Å². The lowest BCUT2D eigenvalue weighted by Crippen LogP contribution is -2.29. The first-order valence-electron chi connectivity index (χ1n) is 4.12. The lowest BCUT2D eigenvalue weighted by Gasteiger charge is -2.11. The predicted octanol–water partition coefficient (Wildman–Crippen LogP) is 3.90. The minimum atomic E-state index is -1.93. The number of hydrogen-bond acceptors (Lipinski definition) is 3. The number of benzene rings is 1. The van der Waals surface area contributed by atoms with Crippen LogP contribution in [0, 0.1) is 0 Å². The van der Waals surface area contributed by atoms with Crippen LogP contribution in [0.15, 0.2) is 34.1 Å². The zero-order valence-corrected chi connectivity index (χ0v) is 12.1. The Morgan fingerprint density at radius 1 is 1.25 bits per heavy atom. The monoisotopic (exact) mass is 315 g/mol. The molecule has 0 bridgehead atoms. The summed E-state index contributed by atoms with van der Waals surface area (Å²) < 4.78 is 0.553. The van der Waals surface area contributed by atoms with Gasteiger partial charge in [-0.05, 0) is 30.3 Å². The van der Waals surface area contributed by atoms with Crippen molar-refractivity contribution in [1.82, 2.24) is 4.72 Å². The third-order valence-corrected chi connectivity index (χ3v) is 3.88. The van der Waals surface area contributed by atoms with Crippen LogP contribution in [0.5, 0.6) is 0 Å². The smallest absolute Gasteiger partial charge is 0.282 e. The molecule has 0 saturated heterocycles. The molecule has 88 valence electrons. The molecule has 0 radical (unpaired) electrons. The van der Waals surface area contributed by atoms with E-state index >= 15 is 0 Å². The van der Waals surface area contributed by atoms with E-state index in [1.165, 1.54) is 0 Å². The molecule has 1 amide bonds. The van der Waals surface area contributed by atoms with Crippen molar-refractivity contribution in [2.75, 3.05) is 6.26 Å². The maximum atomic E-state index is 11.3. The second-order valence-corrected chi connectivity index (χ2v) is 6.66. The lowest BCUT2D eigenvalue weighted by atomic mass is 10.4.